The fourth-order valence-electron chi connectivity index (χ4n) is 5.62. The standard InChI is InChI=1S/C40H60N4O6/c1-5-9-13-17-37(45)19-27-41(29-21-39(47)49-35-11-7-3)23-15-25-43-31-33-44(34-32-43)26-16-24-42(28-20-38(46)18-14-10-6-2)30-22-40(48)50-36-12-8-4/h1-4H,9-36H2. The summed E-state index contributed by atoms with van der Waals surface area (Å²) < 4.78 is 10.4. The zero-order valence-corrected chi connectivity index (χ0v) is 30.3. The van der Waals surface area contributed by atoms with Crippen LogP contribution in [0.25, 0.3) is 0 Å². The first-order valence-corrected chi connectivity index (χ1v) is 18.3. The molecule has 0 N–H and O–H groups in total. The maximum atomic E-state index is 12.3. The van der Waals surface area contributed by atoms with Crippen molar-refractivity contribution < 1.29 is 28.7 Å². The monoisotopic (exact) mass is 692 g/mol. The average Bonchev–Trinajstić information content (AvgIpc) is 3.11. The van der Waals surface area contributed by atoms with Gasteiger partial charge in [0.25, 0.3) is 0 Å². The fourth-order valence-corrected chi connectivity index (χ4v) is 5.62. The van der Waals surface area contributed by atoms with E-state index in [1.54, 1.807) is 0 Å². The molecule has 0 spiro atoms. The van der Waals surface area contributed by atoms with Crippen LogP contribution in [0.1, 0.15) is 89.9 Å². The van der Waals surface area contributed by atoms with Crippen LogP contribution in [0.5, 0.6) is 0 Å². The van der Waals surface area contributed by atoms with Crippen LogP contribution in [0.4, 0.5) is 0 Å². The molecule has 1 fully saturated rings. The lowest BCUT2D eigenvalue weighted by Gasteiger charge is -2.35. The number of carbonyl (C=O) groups excluding carboxylic acids is 4. The van der Waals surface area contributed by atoms with Crippen LogP contribution in [0, 0.1) is 49.4 Å². The second kappa shape index (κ2) is 30.2. The zero-order valence-electron chi connectivity index (χ0n) is 30.3. The molecule has 0 aromatic rings. The first-order chi connectivity index (χ1) is 24.3. The van der Waals surface area contributed by atoms with Gasteiger partial charge in [-0.15, -0.1) is 49.4 Å². The molecule has 0 radical (unpaired) electrons. The molecule has 0 aromatic heterocycles. The molecule has 50 heavy (non-hydrogen) atoms. The van der Waals surface area contributed by atoms with Gasteiger partial charge in [-0.2, -0.15) is 0 Å². The van der Waals surface area contributed by atoms with Crippen LogP contribution in [-0.4, -0.2) is 135 Å². The van der Waals surface area contributed by atoms with E-state index in [0.717, 1.165) is 65.2 Å². The smallest absolute Gasteiger partial charge is 0.307 e. The van der Waals surface area contributed by atoms with Crippen LogP contribution in [0.15, 0.2) is 0 Å². The van der Waals surface area contributed by atoms with E-state index in [2.05, 4.69) is 43.3 Å². The van der Waals surface area contributed by atoms with E-state index in [9.17, 15) is 19.2 Å². The van der Waals surface area contributed by atoms with E-state index >= 15 is 0 Å². The Morgan fingerprint density at radius 1 is 0.480 bits per heavy atom. The van der Waals surface area contributed by atoms with Gasteiger partial charge in [0.2, 0.25) is 0 Å². The highest BCUT2D eigenvalue weighted by molar-refractivity contribution is 5.79. The molecule has 0 atom stereocenters. The Balaban J connectivity index is 2.47. The normalized spacial score (nSPS) is 13.2. The first kappa shape index (κ1) is 44.4. The number of ketones is 2. The van der Waals surface area contributed by atoms with Gasteiger partial charge in [0.15, 0.2) is 0 Å². The highest BCUT2D eigenvalue weighted by Crippen LogP contribution is 2.08. The van der Waals surface area contributed by atoms with Gasteiger partial charge in [-0.1, -0.05) is 0 Å². The number of unbranched alkanes of at least 4 members (excludes halogenated alkanes) is 2. The first-order valence-electron chi connectivity index (χ1n) is 18.3. The van der Waals surface area contributed by atoms with E-state index in [-0.39, 0.29) is 49.6 Å². The molecule has 0 amide bonds. The molecule has 10 heteroatoms. The number of esters is 2. The Labute approximate surface area is 302 Å². The number of nitrogens with zero attached hydrogens (tertiary/aromatic N) is 4. The van der Waals surface area contributed by atoms with Crippen molar-refractivity contribution in [2.75, 3.05) is 91.8 Å². The Morgan fingerprint density at radius 3 is 1.20 bits per heavy atom. The number of ether oxygens (including phenoxy) is 2. The lowest BCUT2D eigenvalue weighted by Crippen LogP contribution is -2.47. The van der Waals surface area contributed by atoms with Crippen LogP contribution in [0.3, 0.4) is 0 Å². The zero-order chi connectivity index (χ0) is 36.7. The lowest BCUT2D eigenvalue weighted by molar-refractivity contribution is -0.144. The molecule has 10 nitrogen and oxygen atoms in total. The van der Waals surface area contributed by atoms with Crippen molar-refractivity contribution in [3.05, 3.63) is 0 Å². The fraction of sp³-hybridized carbons (Fsp3) is 0.700. The summed E-state index contributed by atoms with van der Waals surface area (Å²) in [6, 6.07) is 0. The molecule has 1 saturated heterocycles. The molecular weight excluding hydrogens is 632 g/mol. The van der Waals surface area contributed by atoms with E-state index < -0.39 is 0 Å². The molecule has 0 aromatic carbocycles. The van der Waals surface area contributed by atoms with Gasteiger partial charge in [0.1, 0.15) is 24.8 Å². The summed E-state index contributed by atoms with van der Waals surface area (Å²) in [5, 5.41) is 0. The van der Waals surface area contributed by atoms with Crippen molar-refractivity contribution >= 4 is 23.5 Å². The number of hydrogen-bond donors (Lipinski definition) is 0. The van der Waals surface area contributed by atoms with E-state index in [1.165, 1.54) is 0 Å². The lowest BCUT2D eigenvalue weighted by atomic mass is 10.1. The molecule has 0 saturated carbocycles. The minimum atomic E-state index is -0.270. The summed E-state index contributed by atoms with van der Waals surface area (Å²) in [5.41, 5.74) is 0. The second-order valence-electron chi connectivity index (χ2n) is 12.6. The van der Waals surface area contributed by atoms with Gasteiger partial charge in [0, 0.05) is 104 Å². The van der Waals surface area contributed by atoms with Crippen LogP contribution < -0.4 is 0 Å². The highest BCUT2D eigenvalue weighted by atomic mass is 16.5. The predicted molar refractivity (Wildman–Crippen MR) is 198 cm³/mol. The topological polar surface area (TPSA) is 99.7 Å². The second-order valence-corrected chi connectivity index (χ2v) is 12.6. The van der Waals surface area contributed by atoms with Gasteiger partial charge in [0.05, 0.1) is 12.8 Å². The SMILES string of the molecule is C#CCCCC(=O)CCN(CCCN1CCN(CCCN(CCC(=O)CCCC#C)CCC(=O)OCCC#C)CC1)CCC(=O)OCCC#C. The van der Waals surface area contributed by atoms with Crippen molar-refractivity contribution in [2.24, 2.45) is 0 Å². The number of rotatable bonds is 30. The van der Waals surface area contributed by atoms with E-state index in [0.29, 0.717) is 90.4 Å². The number of terminal acetylenes is 4. The molecule has 0 unspecified atom stereocenters. The van der Waals surface area contributed by atoms with Gasteiger partial charge in [-0.25, -0.2) is 0 Å². The van der Waals surface area contributed by atoms with E-state index in [1.807, 2.05) is 0 Å². The maximum absolute atomic E-state index is 12.3. The molecule has 1 rings (SSSR count). The van der Waals surface area contributed by atoms with Gasteiger partial charge >= 0.3 is 11.9 Å². The summed E-state index contributed by atoms with van der Waals surface area (Å²) in [5.74, 6) is 9.95. The van der Waals surface area contributed by atoms with Crippen molar-refractivity contribution in [2.45, 2.75) is 89.9 Å². The summed E-state index contributed by atoms with van der Waals surface area (Å²) in [4.78, 5) is 58.3. The third-order valence-corrected chi connectivity index (χ3v) is 8.61. The maximum Gasteiger partial charge on any atom is 0.307 e. The van der Waals surface area contributed by atoms with Crippen LogP contribution in [-0.2, 0) is 28.7 Å². The molecule has 276 valence electrons. The minimum absolute atomic E-state index is 0.198. The molecule has 1 aliphatic rings. The van der Waals surface area contributed by atoms with Gasteiger partial charge < -0.3 is 29.1 Å². The largest absolute Gasteiger partial charge is 0.465 e. The number of carbonyl (C=O) groups is 4. The Hall–Kier alpha value is -3.64. The average molecular weight is 693 g/mol. The summed E-state index contributed by atoms with van der Waals surface area (Å²) in [7, 11) is 0. The van der Waals surface area contributed by atoms with Crippen molar-refractivity contribution in [1.82, 2.24) is 19.6 Å². The Bertz CT molecular complexity index is 990. The van der Waals surface area contributed by atoms with Crippen molar-refractivity contribution in [3.8, 4) is 49.4 Å². The third-order valence-electron chi connectivity index (χ3n) is 8.61. The third kappa shape index (κ3) is 24.5. The number of Topliss-reactive ketones (excluding diaryl/α,β-unsaturated/α-hetero) is 2. The van der Waals surface area contributed by atoms with Gasteiger partial charge in [-0.3, -0.25) is 19.2 Å². The van der Waals surface area contributed by atoms with Gasteiger partial charge in [-0.05, 0) is 51.9 Å². The number of hydrogen-bond acceptors (Lipinski definition) is 10. The predicted octanol–water partition coefficient (Wildman–Crippen LogP) is 3.43. The summed E-state index contributed by atoms with van der Waals surface area (Å²) in [6.45, 7) is 10.2. The van der Waals surface area contributed by atoms with E-state index in [4.69, 9.17) is 35.2 Å². The quantitative estimate of drug-likeness (QED) is 0.0633. The Kier molecular flexibility index (Phi) is 26.8. The highest BCUT2D eigenvalue weighted by Gasteiger charge is 2.18. The van der Waals surface area contributed by atoms with Crippen molar-refractivity contribution in [3.63, 3.8) is 0 Å². The molecule has 1 heterocycles. The molecular formula is C40H60N4O6. The summed E-state index contributed by atoms with van der Waals surface area (Å²) in [6.07, 6.45) is 28.8. The molecule has 1 aliphatic heterocycles. The Morgan fingerprint density at radius 2 is 0.840 bits per heavy atom. The minimum Gasteiger partial charge on any atom is -0.465 e. The van der Waals surface area contributed by atoms with Crippen LogP contribution in [0.2, 0.25) is 0 Å². The molecule has 0 bridgehead atoms. The van der Waals surface area contributed by atoms with Crippen molar-refractivity contribution in [1.29, 1.82) is 0 Å². The van der Waals surface area contributed by atoms with Crippen LogP contribution >= 0.6 is 0 Å². The number of piperazine rings is 1. The molecule has 0 aliphatic carbocycles. The summed E-state index contributed by atoms with van der Waals surface area (Å²) >= 11 is 0.